The van der Waals surface area contributed by atoms with Gasteiger partial charge in [0.05, 0.1) is 0 Å². The zero-order valence-electron chi connectivity index (χ0n) is 3.17. The Bertz CT molecular complexity index is 32.7. The largest absolute Gasteiger partial charge is 4.00 e. The van der Waals surface area contributed by atoms with Crippen LogP contribution in [-0.2, 0) is 52.4 Å². The molecule has 0 aromatic rings. The van der Waals surface area contributed by atoms with Crippen molar-refractivity contribution in [2.75, 3.05) is 0 Å². The van der Waals surface area contributed by atoms with Crippen LogP contribution in [0, 0.1) is 0 Å². The van der Waals surface area contributed by atoms with Gasteiger partial charge in [-0.15, -0.1) is 0 Å². The minimum atomic E-state index is -2.33. The normalized spacial score (nSPS) is 3.43. The summed E-state index contributed by atoms with van der Waals surface area (Å²) in [6, 6.07) is 0. The van der Waals surface area contributed by atoms with Crippen LogP contribution in [0.25, 0.3) is 0 Å². The van der Waals surface area contributed by atoms with Crippen LogP contribution in [0.15, 0.2) is 0 Å². The van der Waals surface area contributed by atoms with Crippen LogP contribution in [0.3, 0.4) is 0 Å². The molecule has 0 heterocycles. The van der Waals surface area contributed by atoms with Crippen LogP contribution in [0.5, 0.6) is 0 Å². The van der Waals surface area contributed by atoms with Crippen molar-refractivity contribution in [3.8, 4) is 0 Å². The van der Waals surface area contributed by atoms with Gasteiger partial charge < -0.3 is 20.5 Å². The van der Waals surface area contributed by atoms with Crippen molar-refractivity contribution in [1.29, 1.82) is 0 Å². The molecule has 0 aliphatic rings. The second kappa shape index (κ2) is 15.8. The molecule has 1 N–H and O–H groups in total. The number of rotatable bonds is 0. The Balaban J connectivity index is -0.0000000150. The predicted molar refractivity (Wildman–Crippen MR) is 7.33 cm³/mol. The summed E-state index contributed by atoms with van der Waals surface area (Å²) < 4.78 is 0. The third kappa shape index (κ3) is 176. The summed E-state index contributed by atoms with van der Waals surface area (Å²) in [6.07, 6.45) is -2.33. The third-order valence-corrected chi connectivity index (χ3v) is 0. The third-order valence-electron chi connectivity index (χ3n) is 0. The Morgan fingerprint density at radius 1 is 1.14 bits per heavy atom. The van der Waals surface area contributed by atoms with Gasteiger partial charge in [0.15, 0.2) is 0 Å². The number of hydrogen-bond acceptors (Lipinski definition) is 4. The average molecular weight is 259 g/mol. The minimum absolute atomic E-state index is 0. The second-order valence-corrected chi connectivity index (χ2v) is 0.250. The van der Waals surface area contributed by atoms with Gasteiger partial charge in [-0.1, -0.05) is 0 Å². The van der Waals surface area contributed by atoms with Gasteiger partial charge >= 0.3 is 52.4 Å². The van der Waals surface area contributed by atoms with Crippen LogP contribution in [0.4, 0.5) is 4.79 Å². The number of hydrogen-bond donors (Lipinski definition) is 0. The first-order chi connectivity index (χ1) is 1.73. The number of carbonyl (C=O) groups excluding carboxylic acids is 1. The first-order valence-electron chi connectivity index (χ1n) is 0.612. The zero-order chi connectivity index (χ0) is 3.58. The molecule has 0 aromatic heterocycles. The molecule has 6 heteroatoms. The molecular formula is CHO4Zr2+5. The first-order valence-corrected chi connectivity index (χ1v) is 0.612. The van der Waals surface area contributed by atoms with Crippen molar-refractivity contribution in [2.24, 2.45) is 0 Å². The van der Waals surface area contributed by atoms with E-state index in [2.05, 4.69) is 0 Å². The topological polar surface area (TPSA) is 93.2 Å². The smallest absolute Gasteiger partial charge is 0.870 e. The summed E-state index contributed by atoms with van der Waals surface area (Å²) in [4.78, 5) is 8.33. The SMILES string of the molecule is O=C([O-])[O-].[OH-].[Zr+4].[Zr+4]. The molecule has 7 heavy (non-hydrogen) atoms. The standard InChI is InChI=1S/CH2O3.H2O.2Zr/c2-1(3)4;;;/h(H2,2,3,4);1H2;;/q;;2*+4/p-3. The van der Waals surface area contributed by atoms with Crippen molar-refractivity contribution < 1.29 is 72.9 Å². The Morgan fingerprint density at radius 2 is 1.14 bits per heavy atom. The number of carboxylic acid groups (broad SMARTS) is 2. The molecule has 0 aromatic carbocycles. The molecule has 0 aliphatic heterocycles. The van der Waals surface area contributed by atoms with E-state index in [4.69, 9.17) is 15.0 Å². The molecule has 0 saturated heterocycles. The maximum Gasteiger partial charge on any atom is 4.00 e. The van der Waals surface area contributed by atoms with Gasteiger partial charge in [0.2, 0.25) is 0 Å². The summed E-state index contributed by atoms with van der Waals surface area (Å²) in [5, 5.41) is 16.7. The van der Waals surface area contributed by atoms with Crippen molar-refractivity contribution in [1.82, 2.24) is 0 Å². The number of carbonyl (C=O) groups is 1. The van der Waals surface area contributed by atoms with Crippen LogP contribution in [-0.4, -0.2) is 11.6 Å². The van der Waals surface area contributed by atoms with Crippen molar-refractivity contribution in [2.45, 2.75) is 0 Å². The fraction of sp³-hybridized carbons (Fsp3) is 0. The monoisotopic (exact) mass is 257 g/mol. The van der Waals surface area contributed by atoms with Crippen LogP contribution in [0.1, 0.15) is 0 Å². The molecule has 0 spiro atoms. The Kier molecular flexibility index (Phi) is 55.1. The van der Waals surface area contributed by atoms with Crippen LogP contribution in [0.2, 0.25) is 0 Å². The van der Waals surface area contributed by atoms with E-state index in [1.807, 2.05) is 0 Å². The van der Waals surface area contributed by atoms with Gasteiger partial charge in [0, 0.05) is 0 Å². The predicted octanol–water partition coefficient (Wildman–Crippen LogP) is -2.63. The molecule has 0 unspecified atom stereocenters. The Labute approximate surface area is 78.5 Å². The second-order valence-electron chi connectivity index (χ2n) is 0.250. The first kappa shape index (κ1) is 24.5. The van der Waals surface area contributed by atoms with E-state index in [1.165, 1.54) is 0 Å². The summed E-state index contributed by atoms with van der Waals surface area (Å²) in [7, 11) is 0. The summed E-state index contributed by atoms with van der Waals surface area (Å²) in [6.45, 7) is 0. The summed E-state index contributed by atoms with van der Waals surface area (Å²) >= 11 is 0. The molecule has 0 atom stereocenters. The van der Waals surface area contributed by atoms with Gasteiger partial charge in [0.25, 0.3) is 0 Å². The van der Waals surface area contributed by atoms with Crippen molar-refractivity contribution in [3.05, 3.63) is 0 Å². The molecule has 32 valence electrons. The van der Waals surface area contributed by atoms with E-state index in [1.54, 1.807) is 0 Å². The maximum atomic E-state index is 8.33. The summed E-state index contributed by atoms with van der Waals surface area (Å²) in [5.74, 6) is 0. The Morgan fingerprint density at radius 3 is 1.14 bits per heavy atom. The van der Waals surface area contributed by atoms with E-state index in [0.717, 1.165) is 0 Å². The van der Waals surface area contributed by atoms with Gasteiger partial charge in [0.1, 0.15) is 0 Å². The quantitative estimate of drug-likeness (QED) is 0.476. The van der Waals surface area contributed by atoms with E-state index in [-0.39, 0.29) is 57.9 Å². The molecule has 0 amide bonds. The molecular weight excluding hydrogens is 258 g/mol. The fourth-order valence-corrected chi connectivity index (χ4v) is 0. The Hall–Kier alpha value is 0.996. The van der Waals surface area contributed by atoms with E-state index in [9.17, 15) is 0 Å². The molecule has 0 rings (SSSR count). The van der Waals surface area contributed by atoms with Gasteiger partial charge in [-0.2, -0.15) is 0 Å². The molecule has 0 fully saturated rings. The average Bonchev–Trinajstić information content (AvgIpc) is 0.811. The van der Waals surface area contributed by atoms with E-state index < -0.39 is 6.16 Å². The van der Waals surface area contributed by atoms with Gasteiger partial charge in [-0.05, 0) is 6.16 Å². The van der Waals surface area contributed by atoms with Gasteiger partial charge in [-0.25, -0.2) is 0 Å². The zero-order valence-corrected chi connectivity index (χ0v) is 8.09. The molecule has 0 aliphatic carbocycles. The van der Waals surface area contributed by atoms with Crippen LogP contribution >= 0.6 is 0 Å². The van der Waals surface area contributed by atoms with Crippen LogP contribution < -0.4 is 10.2 Å². The molecule has 0 bridgehead atoms. The fourth-order valence-electron chi connectivity index (χ4n) is 0. The molecule has 0 saturated carbocycles. The van der Waals surface area contributed by atoms with E-state index >= 15 is 0 Å². The maximum absolute atomic E-state index is 8.33. The molecule has 0 radical (unpaired) electrons. The van der Waals surface area contributed by atoms with Crippen molar-refractivity contribution >= 4 is 6.16 Å². The molecule has 4 nitrogen and oxygen atoms in total. The summed E-state index contributed by atoms with van der Waals surface area (Å²) in [5.41, 5.74) is 0. The van der Waals surface area contributed by atoms with Crippen molar-refractivity contribution in [3.63, 3.8) is 0 Å². The minimum Gasteiger partial charge on any atom is -0.870 e. The van der Waals surface area contributed by atoms with E-state index in [0.29, 0.717) is 0 Å². The van der Waals surface area contributed by atoms with Gasteiger partial charge in [-0.3, -0.25) is 0 Å².